The molecule has 0 saturated carbocycles. The SMILES string of the molecule is O=C(O)C1CC[C@H]2CC=CCC2O1. The van der Waals surface area contributed by atoms with Crippen LogP contribution in [0.1, 0.15) is 25.7 Å². The molecule has 72 valence electrons. The van der Waals surface area contributed by atoms with Gasteiger partial charge < -0.3 is 9.84 Å². The summed E-state index contributed by atoms with van der Waals surface area (Å²) in [6.07, 6.45) is 7.45. The Bertz CT molecular complexity index is 234. The Balaban J connectivity index is 1.99. The summed E-state index contributed by atoms with van der Waals surface area (Å²) in [5.74, 6) is -0.256. The lowest BCUT2D eigenvalue weighted by Gasteiger charge is -2.35. The first-order valence-electron chi connectivity index (χ1n) is 4.80. The lowest BCUT2D eigenvalue weighted by molar-refractivity contribution is -0.163. The summed E-state index contributed by atoms with van der Waals surface area (Å²) in [4.78, 5) is 10.7. The molecule has 0 bridgehead atoms. The summed E-state index contributed by atoms with van der Waals surface area (Å²) in [5.41, 5.74) is 0. The van der Waals surface area contributed by atoms with Crippen molar-refractivity contribution in [2.45, 2.75) is 37.9 Å². The normalized spacial score (nSPS) is 38.3. The minimum atomic E-state index is -0.812. The molecule has 1 fully saturated rings. The molecule has 2 unspecified atom stereocenters. The van der Waals surface area contributed by atoms with Gasteiger partial charge in [0.2, 0.25) is 0 Å². The first kappa shape index (κ1) is 8.75. The molecule has 0 radical (unpaired) electrons. The molecule has 3 heteroatoms. The number of allylic oxidation sites excluding steroid dienone is 1. The van der Waals surface area contributed by atoms with Crippen molar-refractivity contribution in [3.63, 3.8) is 0 Å². The van der Waals surface area contributed by atoms with E-state index in [2.05, 4.69) is 12.2 Å². The van der Waals surface area contributed by atoms with Crippen LogP contribution >= 0.6 is 0 Å². The van der Waals surface area contributed by atoms with Gasteiger partial charge in [-0.15, -0.1) is 0 Å². The van der Waals surface area contributed by atoms with E-state index in [1.807, 2.05) is 0 Å². The minimum absolute atomic E-state index is 0.153. The van der Waals surface area contributed by atoms with Gasteiger partial charge in [-0.2, -0.15) is 0 Å². The molecule has 1 heterocycles. The van der Waals surface area contributed by atoms with Gasteiger partial charge >= 0.3 is 5.97 Å². The van der Waals surface area contributed by atoms with E-state index in [-0.39, 0.29) is 6.10 Å². The second-order valence-corrected chi connectivity index (χ2v) is 3.78. The number of carboxylic acid groups (broad SMARTS) is 1. The fraction of sp³-hybridized carbons (Fsp3) is 0.700. The average Bonchev–Trinajstić information content (AvgIpc) is 2.17. The zero-order chi connectivity index (χ0) is 9.26. The molecule has 0 amide bonds. The fourth-order valence-corrected chi connectivity index (χ4v) is 2.14. The highest BCUT2D eigenvalue weighted by Gasteiger charge is 2.34. The van der Waals surface area contributed by atoms with Gasteiger partial charge in [0.1, 0.15) is 0 Å². The Hall–Kier alpha value is -0.830. The van der Waals surface area contributed by atoms with Gasteiger partial charge in [0.15, 0.2) is 6.10 Å². The Morgan fingerprint density at radius 1 is 1.31 bits per heavy atom. The van der Waals surface area contributed by atoms with Crippen LogP contribution < -0.4 is 0 Å². The molecule has 1 aliphatic heterocycles. The third-order valence-corrected chi connectivity index (χ3v) is 2.91. The minimum Gasteiger partial charge on any atom is -0.479 e. The van der Waals surface area contributed by atoms with Crippen LogP contribution in [-0.4, -0.2) is 23.3 Å². The van der Waals surface area contributed by atoms with Crippen molar-refractivity contribution in [2.24, 2.45) is 5.92 Å². The monoisotopic (exact) mass is 182 g/mol. The van der Waals surface area contributed by atoms with E-state index in [1.165, 1.54) is 0 Å². The lowest BCUT2D eigenvalue weighted by Crippen LogP contribution is -2.39. The van der Waals surface area contributed by atoms with E-state index in [0.717, 1.165) is 19.3 Å². The zero-order valence-electron chi connectivity index (χ0n) is 7.48. The van der Waals surface area contributed by atoms with Crippen molar-refractivity contribution >= 4 is 5.97 Å². The fourth-order valence-electron chi connectivity index (χ4n) is 2.14. The third-order valence-electron chi connectivity index (χ3n) is 2.91. The highest BCUT2D eigenvalue weighted by atomic mass is 16.5. The Kier molecular flexibility index (Phi) is 2.36. The second kappa shape index (κ2) is 3.50. The molecule has 0 spiro atoms. The highest BCUT2D eigenvalue weighted by molar-refractivity contribution is 5.72. The predicted molar refractivity (Wildman–Crippen MR) is 47.4 cm³/mol. The number of fused-ring (bicyclic) bond motifs is 1. The van der Waals surface area contributed by atoms with Gasteiger partial charge in [-0.25, -0.2) is 4.79 Å². The van der Waals surface area contributed by atoms with Crippen LogP contribution in [-0.2, 0) is 9.53 Å². The summed E-state index contributed by atoms with van der Waals surface area (Å²) < 4.78 is 5.50. The largest absolute Gasteiger partial charge is 0.479 e. The Morgan fingerprint density at radius 3 is 2.85 bits per heavy atom. The summed E-state index contributed by atoms with van der Waals surface area (Å²) in [5, 5.41) is 8.79. The molecule has 1 N–H and O–H groups in total. The van der Waals surface area contributed by atoms with E-state index < -0.39 is 12.1 Å². The van der Waals surface area contributed by atoms with E-state index in [4.69, 9.17) is 9.84 Å². The molecule has 0 aromatic rings. The lowest BCUT2D eigenvalue weighted by atomic mass is 9.84. The quantitative estimate of drug-likeness (QED) is 0.626. The van der Waals surface area contributed by atoms with Crippen LogP contribution in [0.5, 0.6) is 0 Å². The number of ether oxygens (including phenoxy) is 1. The van der Waals surface area contributed by atoms with Crippen molar-refractivity contribution < 1.29 is 14.6 Å². The molecule has 0 aromatic heterocycles. The van der Waals surface area contributed by atoms with Crippen molar-refractivity contribution in [1.82, 2.24) is 0 Å². The van der Waals surface area contributed by atoms with Crippen LogP contribution in [0, 0.1) is 5.92 Å². The Morgan fingerprint density at radius 2 is 2.08 bits per heavy atom. The Labute approximate surface area is 77.4 Å². The molecule has 2 rings (SSSR count). The molecular formula is C10H14O3. The maximum Gasteiger partial charge on any atom is 0.332 e. The van der Waals surface area contributed by atoms with Gasteiger partial charge in [0.05, 0.1) is 6.10 Å². The zero-order valence-corrected chi connectivity index (χ0v) is 7.48. The van der Waals surface area contributed by atoms with Crippen molar-refractivity contribution in [3.8, 4) is 0 Å². The second-order valence-electron chi connectivity index (χ2n) is 3.78. The molecule has 13 heavy (non-hydrogen) atoms. The number of carbonyl (C=O) groups is 1. The summed E-state index contributed by atoms with van der Waals surface area (Å²) in [6.45, 7) is 0. The smallest absolute Gasteiger partial charge is 0.332 e. The standard InChI is InChI=1S/C10H14O3/c11-10(12)9-6-5-7-3-1-2-4-8(7)13-9/h1-2,7-9H,3-6H2,(H,11,12)/t7-,8?,9?/m1/s1. The van der Waals surface area contributed by atoms with Crippen LogP contribution in [0.3, 0.4) is 0 Å². The number of rotatable bonds is 1. The molecular weight excluding hydrogens is 168 g/mol. The van der Waals surface area contributed by atoms with Crippen LogP contribution in [0.15, 0.2) is 12.2 Å². The first-order chi connectivity index (χ1) is 6.27. The van der Waals surface area contributed by atoms with Gasteiger partial charge in [-0.05, 0) is 31.6 Å². The molecule has 1 aliphatic carbocycles. The van der Waals surface area contributed by atoms with E-state index in [9.17, 15) is 4.79 Å². The van der Waals surface area contributed by atoms with Crippen molar-refractivity contribution in [3.05, 3.63) is 12.2 Å². The summed E-state index contributed by atoms with van der Waals surface area (Å²) in [6, 6.07) is 0. The van der Waals surface area contributed by atoms with Gasteiger partial charge in [0, 0.05) is 0 Å². The molecule has 3 atom stereocenters. The number of hydrogen-bond donors (Lipinski definition) is 1. The summed E-state index contributed by atoms with van der Waals surface area (Å²) >= 11 is 0. The van der Waals surface area contributed by atoms with Crippen LogP contribution in [0.25, 0.3) is 0 Å². The summed E-state index contributed by atoms with van der Waals surface area (Å²) in [7, 11) is 0. The maximum absolute atomic E-state index is 10.7. The topological polar surface area (TPSA) is 46.5 Å². The van der Waals surface area contributed by atoms with Crippen LogP contribution in [0.2, 0.25) is 0 Å². The number of hydrogen-bond acceptors (Lipinski definition) is 2. The van der Waals surface area contributed by atoms with Gasteiger partial charge in [-0.1, -0.05) is 12.2 Å². The number of carboxylic acids is 1. The molecule has 3 nitrogen and oxygen atoms in total. The third kappa shape index (κ3) is 1.75. The molecule has 2 aliphatic rings. The molecule has 0 aromatic carbocycles. The van der Waals surface area contributed by atoms with E-state index >= 15 is 0 Å². The molecule has 1 saturated heterocycles. The van der Waals surface area contributed by atoms with Crippen LogP contribution in [0.4, 0.5) is 0 Å². The van der Waals surface area contributed by atoms with Gasteiger partial charge in [-0.3, -0.25) is 0 Å². The first-order valence-corrected chi connectivity index (χ1v) is 4.80. The number of aliphatic carboxylic acids is 1. The van der Waals surface area contributed by atoms with Gasteiger partial charge in [0.25, 0.3) is 0 Å². The predicted octanol–water partition coefficient (Wildman–Crippen LogP) is 1.58. The van der Waals surface area contributed by atoms with Crippen molar-refractivity contribution in [1.29, 1.82) is 0 Å². The highest BCUT2D eigenvalue weighted by Crippen LogP contribution is 2.32. The van der Waals surface area contributed by atoms with Crippen molar-refractivity contribution in [2.75, 3.05) is 0 Å². The van der Waals surface area contributed by atoms with E-state index in [1.54, 1.807) is 0 Å². The van der Waals surface area contributed by atoms with E-state index in [0.29, 0.717) is 12.3 Å². The average molecular weight is 182 g/mol. The maximum atomic E-state index is 10.7.